The fourth-order valence-electron chi connectivity index (χ4n) is 1.55. The lowest BCUT2D eigenvalue weighted by Gasteiger charge is -2.39. The summed E-state index contributed by atoms with van der Waals surface area (Å²) in [7, 11) is -1.73. The van der Waals surface area contributed by atoms with E-state index in [-0.39, 0.29) is 17.2 Å². The minimum atomic E-state index is -1.73. The van der Waals surface area contributed by atoms with Crippen LogP contribution in [0.4, 0.5) is 0 Å². The third-order valence-corrected chi connectivity index (χ3v) is 8.59. The fourth-order valence-corrected chi connectivity index (χ4v) is 3.02. The number of rotatable bonds is 5. The molecule has 0 radical (unpaired) electrons. The van der Waals surface area contributed by atoms with E-state index in [2.05, 4.69) is 47.7 Å². The van der Waals surface area contributed by atoms with Crippen molar-refractivity contribution >= 4 is 8.32 Å². The Labute approximate surface area is 119 Å². The molecule has 0 aliphatic carbocycles. The molecule has 1 rings (SSSR count). The summed E-state index contributed by atoms with van der Waals surface area (Å²) in [4.78, 5) is 0. The van der Waals surface area contributed by atoms with E-state index in [1.165, 1.54) is 0 Å². The summed E-state index contributed by atoms with van der Waals surface area (Å²) in [5.41, 5.74) is 0. The monoisotopic (exact) mass is 280 g/mol. The summed E-state index contributed by atoms with van der Waals surface area (Å²) in [5, 5.41) is 0.230. The van der Waals surface area contributed by atoms with Gasteiger partial charge in [0.25, 0.3) is 0 Å². The average Bonchev–Trinajstić information content (AvgIpc) is 2.28. The van der Waals surface area contributed by atoms with Crippen molar-refractivity contribution in [2.45, 2.75) is 65.0 Å². The molecule has 1 unspecified atom stereocenters. The molecule has 0 amide bonds. The van der Waals surface area contributed by atoms with Crippen molar-refractivity contribution in [1.82, 2.24) is 0 Å². The van der Waals surface area contributed by atoms with Crippen LogP contribution in [0.5, 0.6) is 5.75 Å². The molecule has 3 heteroatoms. The summed E-state index contributed by atoms with van der Waals surface area (Å²) >= 11 is 0. The normalized spacial score (nSPS) is 15.9. The molecule has 0 aromatic heterocycles. The van der Waals surface area contributed by atoms with Crippen molar-refractivity contribution < 1.29 is 9.16 Å². The highest BCUT2D eigenvalue weighted by Gasteiger charge is 2.39. The van der Waals surface area contributed by atoms with E-state index in [4.69, 9.17) is 9.16 Å². The van der Waals surface area contributed by atoms with Crippen LogP contribution in [-0.4, -0.2) is 20.5 Å². The maximum absolute atomic E-state index is 6.35. The highest BCUT2D eigenvalue weighted by atomic mass is 28.4. The first-order chi connectivity index (χ1) is 8.63. The van der Waals surface area contributed by atoms with Crippen LogP contribution in [0, 0.1) is 0 Å². The Hall–Kier alpha value is -0.803. The van der Waals surface area contributed by atoms with Gasteiger partial charge in [0.2, 0.25) is 0 Å². The maximum Gasteiger partial charge on any atom is 0.192 e. The molecule has 1 aromatic rings. The molecule has 0 saturated carbocycles. The van der Waals surface area contributed by atoms with Gasteiger partial charge in [-0.2, -0.15) is 0 Å². The molecule has 0 saturated heterocycles. The molecule has 0 spiro atoms. The molecule has 0 aliphatic rings. The third-order valence-electron chi connectivity index (χ3n) is 4.01. The Balaban J connectivity index is 2.61. The lowest BCUT2D eigenvalue weighted by atomic mass is 10.2. The first-order valence-corrected chi connectivity index (χ1v) is 9.94. The van der Waals surface area contributed by atoms with Crippen LogP contribution in [0.2, 0.25) is 18.1 Å². The zero-order valence-electron chi connectivity index (χ0n) is 13.4. The van der Waals surface area contributed by atoms with Crippen molar-refractivity contribution in [3.8, 4) is 5.75 Å². The second-order valence-electron chi connectivity index (χ2n) is 6.72. The van der Waals surface area contributed by atoms with Gasteiger partial charge in [-0.1, -0.05) is 39.0 Å². The van der Waals surface area contributed by atoms with E-state index in [1.807, 2.05) is 30.3 Å². The van der Waals surface area contributed by atoms with E-state index in [0.717, 1.165) is 5.75 Å². The van der Waals surface area contributed by atoms with Crippen LogP contribution in [0.1, 0.15) is 34.6 Å². The topological polar surface area (TPSA) is 18.5 Å². The van der Waals surface area contributed by atoms with Gasteiger partial charge in [-0.25, -0.2) is 0 Å². The Morgan fingerprint density at radius 2 is 1.47 bits per heavy atom. The molecular formula is C16H28O2Si. The molecular weight excluding hydrogens is 252 g/mol. The standard InChI is InChI=1S/C16H28O2Si/c1-13(17-15-11-9-8-10-12-15)14(2)18-19(6,7)16(3,4)5/h8-14H,1-7H3/t13-,14?/m0/s1. The van der Waals surface area contributed by atoms with E-state index < -0.39 is 8.32 Å². The second kappa shape index (κ2) is 6.10. The van der Waals surface area contributed by atoms with Crippen LogP contribution in [0.25, 0.3) is 0 Å². The summed E-state index contributed by atoms with van der Waals surface area (Å²) in [6.07, 6.45) is 0.151. The molecule has 2 nitrogen and oxygen atoms in total. The van der Waals surface area contributed by atoms with Gasteiger partial charge in [-0.3, -0.25) is 0 Å². The molecule has 0 N–H and O–H groups in total. The summed E-state index contributed by atoms with van der Waals surface area (Å²) < 4.78 is 12.3. The van der Waals surface area contributed by atoms with Crippen LogP contribution >= 0.6 is 0 Å². The highest BCUT2D eigenvalue weighted by molar-refractivity contribution is 6.74. The summed E-state index contributed by atoms with van der Waals surface area (Å²) in [6.45, 7) is 15.5. The molecule has 0 fully saturated rings. The predicted molar refractivity (Wildman–Crippen MR) is 84.3 cm³/mol. The largest absolute Gasteiger partial charge is 0.488 e. The first kappa shape index (κ1) is 16.3. The lowest BCUT2D eigenvalue weighted by molar-refractivity contribution is 0.0678. The van der Waals surface area contributed by atoms with Gasteiger partial charge in [-0.05, 0) is 44.1 Å². The lowest BCUT2D eigenvalue weighted by Crippen LogP contribution is -2.46. The second-order valence-corrected chi connectivity index (χ2v) is 11.5. The first-order valence-electron chi connectivity index (χ1n) is 7.03. The van der Waals surface area contributed by atoms with Crippen LogP contribution < -0.4 is 4.74 Å². The van der Waals surface area contributed by atoms with Gasteiger partial charge in [0.1, 0.15) is 11.9 Å². The molecule has 1 aromatic carbocycles. The third kappa shape index (κ3) is 4.66. The van der Waals surface area contributed by atoms with Crippen molar-refractivity contribution in [3.63, 3.8) is 0 Å². The molecule has 0 heterocycles. The van der Waals surface area contributed by atoms with Crippen LogP contribution in [-0.2, 0) is 4.43 Å². The zero-order valence-corrected chi connectivity index (χ0v) is 14.4. The molecule has 0 bridgehead atoms. The predicted octanol–water partition coefficient (Wildman–Crippen LogP) is 4.86. The Morgan fingerprint density at radius 3 is 1.95 bits per heavy atom. The number of hydrogen-bond donors (Lipinski definition) is 0. The number of ether oxygens (including phenoxy) is 1. The van der Waals surface area contributed by atoms with Crippen LogP contribution in [0.15, 0.2) is 30.3 Å². The Morgan fingerprint density at radius 1 is 0.947 bits per heavy atom. The number of para-hydroxylation sites is 1. The van der Waals surface area contributed by atoms with E-state index >= 15 is 0 Å². The maximum atomic E-state index is 6.35. The van der Waals surface area contributed by atoms with Crippen molar-refractivity contribution in [1.29, 1.82) is 0 Å². The van der Waals surface area contributed by atoms with Crippen LogP contribution in [0.3, 0.4) is 0 Å². The van der Waals surface area contributed by atoms with Crippen molar-refractivity contribution in [2.75, 3.05) is 0 Å². The minimum Gasteiger partial charge on any atom is -0.488 e. The molecule has 0 aliphatic heterocycles. The number of hydrogen-bond acceptors (Lipinski definition) is 2. The summed E-state index contributed by atoms with van der Waals surface area (Å²) in [5.74, 6) is 0.903. The highest BCUT2D eigenvalue weighted by Crippen LogP contribution is 2.37. The van der Waals surface area contributed by atoms with Gasteiger partial charge < -0.3 is 9.16 Å². The van der Waals surface area contributed by atoms with Crippen molar-refractivity contribution in [2.24, 2.45) is 0 Å². The number of benzene rings is 1. The van der Waals surface area contributed by atoms with Gasteiger partial charge in [0, 0.05) is 0 Å². The Bertz CT molecular complexity index is 381. The SMILES string of the molecule is CC(O[Si](C)(C)C(C)(C)C)[C@H](C)Oc1ccccc1. The van der Waals surface area contributed by atoms with E-state index in [0.29, 0.717) is 0 Å². The minimum absolute atomic E-state index is 0.0523. The van der Waals surface area contributed by atoms with Gasteiger partial charge >= 0.3 is 0 Å². The van der Waals surface area contributed by atoms with E-state index in [1.54, 1.807) is 0 Å². The molecule has 19 heavy (non-hydrogen) atoms. The van der Waals surface area contributed by atoms with Gasteiger partial charge in [-0.15, -0.1) is 0 Å². The quantitative estimate of drug-likeness (QED) is 0.717. The van der Waals surface area contributed by atoms with Crippen molar-refractivity contribution in [3.05, 3.63) is 30.3 Å². The van der Waals surface area contributed by atoms with Gasteiger partial charge in [0.05, 0.1) is 6.10 Å². The average molecular weight is 280 g/mol. The smallest absolute Gasteiger partial charge is 0.192 e. The zero-order chi connectivity index (χ0) is 14.7. The molecule has 108 valence electrons. The van der Waals surface area contributed by atoms with E-state index in [9.17, 15) is 0 Å². The molecule has 2 atom stereocenters. The summed E-state index contributed by atoms with van der Waals surface area (Å²) in [6, 6.07) is 9.93. The fraction of sp³-hybridized carbons (Fsp3) is 0.625. The van der Waals surface area contributed by atoms with Gasteiger partial charge in [0.15, 0.2) is 8.32 Å². The Kier molecular flexibility index (Phi) is 5.22.